The highest BCUT2D eigenvalue weighted by Crippen LogP contribution is 2.45. The quantitative estimate of drug-likeness (QED) is 0.0403. The second-order valence-electron chi connectivity index (χ2n) is 20.0. The third-order valence-electron chi connectivity index (χ3n) is 13.5. The van der Waals surface area contributed by atoms with Crippen molar-refractivity contribution < 1.29 is 88.0 Å². The molecule has 3 aliphatic rings. The van der Waals surface area contributed by atoms with Gasteiger partial charge in [0.15, 0.2) is 36.3 Å². The van der Waals surface area contributed by atoms with Gasteiger partial charge in [0.25, 0.3) is 0 Å². The number of carbonyl (C=O) groups excluding carboxylic acids is 3. The number of ether oxygens (including phenoxy) is 8. The molecule has 2 saturated heterocycles. The number of hydrogen-bond donors (Lipinski definition) is 7. The van der Waals surface area contributed by atoms with Crippen molar-refractivity contribution in [2.24, 2.45) is 11.8 Å². The number of phenols is 2. The van der Waals surface area contributed by atoms with Crippen LogP contribution in [0.4, 0.5) is 0 Å². The number of cyclic esters (lactones) is 1. The summed E-state index contributed by atoms with van der Waals surface area (Å²) in [5.74, 6) is -4.50. The van der Waals surface area contributed by atoms with E-state index in [9.17, 15) is 50.1 Å². The largest absolute Gasteiger partial charge is 0.505 e. The zero-order valence-electron chi connectivity index (χ0n) is 44.5. The molecule has 1 aromatic rings. The molecule has 18 nitrogen and oxygen atoms in total. The van der Waals surface area contributed by atoms with Gasteiger partial charge in [-0.1, -0.05) is 92.9 Å². The summed E-state index contributed by atoms with van der Waals surface area (Å²) in [4.78, 5) is 39.9. The van der Waals surface area contributed by atoms with E-state index in [0.717, 1.165) is 5.57 Å². The standard InChI is InChI=1S/C54H78Cl2O18/c1-13-32-25-28(6)35(58)20-16-15-18-33(19-17-23-68-53-47(67-12)44(63)46(31(9)69-53)71-51(66)37-34(14-2)38(55)41(60)39(56)40(37)59)50(65)70-36(30(8)57)22-21-27(5)24-29(7)45(32)72-52-43(62)42(61)48(54(10,11)74-52)73-49(64)26(3)4/h15-16,18,21,24-26,30-32,35-36,42-48,52-53,57-63H,13-14,17,19-20,22-23H2,1-12H3/b16-15+,27-21+,28-25+,29-24+,33-18+/t30-,31-,32+,35+,36+,42-,43+,44+,45+,46-,47+,48+,52-,53-/m1/s1. The highest BCUT2D eigenvalue weighted by molar-refractivity contribution is 6.39. The molecule has 0 radical (unpaired) electrons. The van der Waals surface area contributed by atoms with E-state index in [2.05, 4.69) is 0 Å². The molecule has 7 N–H and O–H groups in total. The predicted molar refractivity (Wildman–Crippen MR) is 274 cm³/mol. The van der Waals surface area contributed by atoms with Gasteiger partial charge in [-0.05, 0) is 97.3 Å². The van der Waals surface area contributed by atoms with Crippen molar-refractivity contribution in [1.82, 2.24) is 0 Å². The summed E-state index contributed by atoms with van der Waals surface area (Å²) in [7, 11) is 1.31. The van der Waals surface area contributed by atoms with Crippen molar-refractivity contribution in [3.63, 3.8) is 0 Å². The van der Waals surface area contributed by atoms with Gasteiger partial charge in [0.2, 0.25) is 0 Å². The first-order chi connectivity index (χ1) is 34.7. The summed E-state index contributed by atoms with van der Waals surface area (Å²) in [5.41, 5.74) is 0.759. The van der Waals surface area contributed by atoms with Gasteiger partial charge in [-0.25, -0.2) is 9.59 Å². The average molecular weight is 1090 g/mol. The fourth-order valence-corrected chi connectivity index (χ4v) is 9.53. The summed E-state index contributed by atoms with van der Waals surface area (Å²) in [5, 5.41) is 76.3. The number of benzene rings is 1. The van der Waals surface area contributed by atoms with Crippen LogP contribution < -0.4 is 0 Å². The van der Waals surface area contributed by atoms with Crippen molar-refractivity contribution in [2.75, 3.05) is 13.7 Å². The van der Waals surface area contributed by atoms with Crippen LogP contribution in [0, 0.1) is 11.8 Å². The highest BCUT2D eigenvalue weighted by Gasteiger charge is 2.53. The van der Waals surface area contributed by atoms with Crippen LogP contribution in [0.25, 0.3) is 0 Å². The number of rotatable bonds is 15. The summed E-state index contributed by atoms with van der Waals surface area (Å²) < 4.78 is 47.5. The fraction of sp³-hybridized carbons (Fsp3) is 0.648. The molecule has 74 heavy (non-hydrogen) atoms. The summed E-state index contributed by atoms with van der Waals surface area (Å²) in [6.45, 7) is 18.7. The Hall–Kier alpha value is -3.89. The number of carbonyl (C=O) groups is 3. The lowest BCUT2D eigenvalue weighted by Crippen LogP contribution is -2.64. The zero-order valence-corrected chi connectivity index (χ0v) is 46.0. The number of aromatic hydroxyl groups is 2. The Labute approximate surface area is 444 Å². The Morgan fingerprint density at radius 2 is 1.58 bits per heavy atom. The molecule has 3 aliphatic heterocycles. The maximum Gasteiger partial charge on any atom is 0.342 e. The van der Waals surface area contributed by atoms with Crippen molar-refractivity contribution in [1.29, 1.82) is 0 Å². The van der Waals surface area contributed by atoms with Gasteiger partial charge in [0.05, 0.1) is 42.0 Å². The molecule has 14 atom stereocenters. The molecule has 0 amide bonds. The van der Waals surface area contributed by atoms with Crippen LogP contribution in [0.15, 0.2) is 58.7 Å². The highest BCUT2D eigenvalue weighted by atomic mass is 35.5. The topological polar surface area (TPSA) is 267 Å². The fourth-order valence-electron chi connectivity index (χ4n) is 8.97. The van der Waals surface area contributed by atoms with Crippen LogP contribution in [0.1, 0.15) is 124 Å². The molecule has 1 aromatic carbocycles. The lowest BCUT2D eigenvalue weighted by molar-refractivity contribution is -0.333. The summed E-state index contributed by atoms with van der Waals surface area (Å²) >= 11 is 12.3. The van der Waals surface area contributed by atoms with E-state index >= 15 is 0 Å². The molecule has 0 aliphatic carbocycles. The van der Waals surface area contributed by atoms with Crippen molar-refractivity contribution >= 4 is 41.1 Å². The number of allylic oxidation sites excluding steroid dienone is 4. The van der Waals surface area contributed by atoms with Gasteiger partial charge in [0, 0.05) is 25.0 Å². The van der Waals surface area contributed by atoms with Gasteiger partial charge in [-0.2, -0.15) is 0 Å². The smallest absolute Gasteiger partial charge is 0.342 e. The Morgan fingerprint density at radius 3 is 2.19 bits per heavy atom. The number of hydrogen-bond acceptors (Lipinski definition) is 18. The van der Waals surface area contributed by atoms with E-state index < -0.39 is 126 Å². The lowest BCUT2D eigenvalue weighted by Gasteiger charge is -2.47. The van der Waals surface area contributed by atoms with Crippen LogP contribution in [-0.2, 0) is 53.9 Å². The molecule has 3 heterocycles. The second-order valence-corrected chi connectivity index (χ2v) is 20.8. The summed E-state index contributed by atoms with van der Waals surface area (Å²) in [6.07, 6.45) is -3.63. The van der Waals surface area contributed by atoms with Gasteiger partial charge >= 0.3 is 17.9 Å². The predicted octanol–water partition coefficient (Wildman–Crippen LogP) is 7.01. The van der Waals surface area contributed by atoms with E-state index in [1.165, 1.54) is 14.0 Å². The first-order valence-electron chi connectivity index (χ1n) is 25.2. The molecule has 4 rings (SSSR count). The van der Waals surface area contributed by atoms with Gasteiger partial charge in [0.1, 0.15) is 46.7 Å². The third-order valence-corrected chi connectivity index (χ3v) is 14.2. The monoisotopic (exact) mass is 1080 g/mol. The second kappa shape index (κ2) is 27.9. The Morgan fingerprint density at radius 1 is 0.905 bits per heavy atom. The minimum atomic E-state index is -1.59. The van der Waals surface area contributed by atoms with Crippen LogP contribution in [-0.4, -0.2) is 153 Å². The minimum Gasteiger partial charge on any atom is -0.505 e. The molecule has 20 heteroatoms. The summed E-state index contributed by atoms with van der Waals surface area (Å²) in [6, 6.07) is 0. The Balaban J connectivity index is 1.52. The van der Waals surface area contributed by atoms with Crippen LogP contribution in [0.3, 0.4) is 0 Å². The Kier molecular flexibility index (Phi) is 23.7. The molecular formula is C54H78Cl2O18. The number of esters is 3. The van der Waals surface area contributed by atoms with Crippen LogP contribution in [0.2, 0.25) is 10.0 Å². The number of aliphatic hydroxyl groups is 5. The van der Waals surface area contributed by atoms with E-state index in [4.69, 9.17) is 61.1 Å². The Bertz CT molecular complexity index is 2250. The molecule has 0 unspecified atom stereocenters. The molecule has 0 aromatic heterocycles. The number of aliphatic hydroxyl groups excluding tert-OH is 5. The number of methoxy groups -OCH3 is 1. The third kappa shape index (κ3) is 15.6. The molecule has 2 fully saturated rings. The van der Waals surface area contributed by atoms with Gasteiger partial charge in [-0.3, -0.25) is 4.79 Å². The van der Waals surface area contributed by atoms with Crippen molar-refractivity contribution in [3.8, 4) is 11.5 Å². The van der Waals surface area contributed by atoms with Gasteiger partial charge < -0.3 is 73.6 Å². The molecule has 416 valence electrons. The molecule has 0 saturated carbocycles. The van der Waals surface area contributed by atoms with Crippen LogP contribution in [0.5, 0.6) is 11.5 Å². The lowest BCUT2D eigenvalue weighted by atomic mass is 9.88. The van der Waals surface area contributed by atoms with Gasteiger partial charge in [-0.15, -0.1) is 0 Å². The van der Waals surface area contributed by atoms with E-state index in [0.29, 0.717) is 17.6 Å². The number of phenolic OH excluding ortho intramolecular Hbond substituents is 2. The SMILES string of the molecule is CCc1c(Cl)c(O)c(Cl)c(O)c1C(=O)O[C@H]1[C@H](O)[C@H](OC)[C@H](OCCC/C2=C\C=C\C[C@H](O)/C(C)=C/[C@H](CC)[C@@H](O[C@@H]3OC(C)(C)[C@@H](OC(=O)C(C)C)[C@H](O)[C@@H]3O)/C(C)=C/C(C)=C/C[C@@H]([C@@H](C)O)OC2=O)O[C@@H]1C. The minimum absolute atomic E-state index is 0.00112. The first kappa shape index (κ1) is 62.6. The van der Waals surface area contributed by atoms with E-state index in [1.54, 1.807) is 66.7 Å². The molecular weight excluding hydrogens is 1010 g/mol. The van der Waals surface area contributed by atoms with Crippen molar-refractivity contribution in [3.05, 3.63) is 79.9 Å². The average Bonchev–Trinajstić information content (AvgIpc) is 3.34. The maximum atomic E-state index is 13.9. The normalized spacial score (nSPS) is 34.2. The molecule has 0 bridgehead atoms. The van der Waals surface area contributed by atoms with Crippen LogP contribution >= 0.6 is 23.2 Å². The zero-order chi connectivity index (χ0) is 55.5. The number of halogens is 2. The van der Waals surface area contributed by atoms with E-state index in [-0.39, 0.29) is 66.4 Å². The molecule has 0 spiro atoms. The first-order valence-corrected chi connectivity index (χ1v) is 25.9. The van der Waals surface area contributed by atoms with E-state index in [1.807, 2.05) is 39.0 Å². The maximum absolute atomic E-state index is 13.9. The van der Waals surface area contributed by atoms with Crippen molar-refractivity contribution in [2.45, 2.75) is 200 Å².